The predicted molar refractivity (Wildman–Crippen MR) is 174 cm³/mol. The monoisotopic (exact) mass is 650 g/mol. The Labute approximate surface area is 275 Å². The number of nitrogens with zero attached hydrogens (tertiary/aromatic N) is 4. The number of benzene rings is 4. The van der Waals surface area contributed by atoms with E-state index >= 15 is 0 Å². The van der Waals surface area contributed by atoms with Crippen LogP contribution in [-0.2, 0) is 19.2 Å². The Morgan fingerprint density at radius 1 is 0.435 bits per heavy atom. The maximum Gasteiger partial charge on any atom is 0.253 e. The fraction of sp³-hybridized carbons (Fsp3) is 0.222. The van der Waals surface area contributed by atoms with Gasteiger partial charge in [-0.2, -0.15) is 0 Å². The van der Waals surface area contributed by atoms with Crippen LogP contribution in [0.15, 0.2) is 97.1 Å². The summed E-state index contributed by atoms with van der Waals surface area (Å²) < 4.78 is 0. The first-order valence-electron chi connectivity index (χ1n) is 15.1. The van der Waals surface area contributed by atoms with Crippen molar-refractivity contribution in [2.75, 3.05) is 9.80 Å². The minimum absolute atomic E-state index is 0.358. The largest absolute Gasteiger partial charge is 0.274 e. The molecule has 6 unspecified atom stereocenters. The zero-order valence-corrected chi connectivity index (χ0v) is 26.4. The summed E-state index contributed by atoms with van der Waals surface area (Å²) in [6.45, 7) is 3.95. The Morgan fingerprint density at radius 3 is 1.09 bits per heavy atom. The number of imide groups is 2. The second kappa shape index (κ2) is 10.6. The van der Waals surface area contributed by atoms with Gasteiger partial charge in [0.2, 0.25) is 11.8 Å². The minimum Gasteiger partial charge on any atom is -0.274 e. The van der Waals surface area contributed by atoms with E-state index in [1.165, 1.54) is 9.80 Å². The Hall–Kier alpha value is -4.34. The molecule has 4 aliphatic rings. The van der Waals surface area contributed by atoms with Crippen molar-refractivity contribution in [3.05, 3.63) is 129 Å². The molecule has 0 spiro atoms. The van der Waals surface area contributed by atoms with Gasteiger partial charge in [0.25, 0.3) is 11.8 Å². The molecule has 4 aromatic carbocycles. The topological polar surface area (TPSA) is 81.2 Å². The lowest BCUT2D eigenvalue weighted by atomic mass is 9.84. The van der Waals surface area contributed by atoms with Crippen LogP contribution in [0.1, 0.15) is 34.3 Å². The highest BCUT2D eigenvalue weighted by molar-refractivity contribution is 6.31. The maximum atomic E-state index is 14.5. The highest BCUT2D eigenvalue weighted by atomic mass is 35.5. The number of anilines is 2. The molecule has 4 aliphatic heterocycles. The van der Waals surface area contributed by atoms with E-state index in [0.717, 1.165) is 22.3 Å². The number of hydrogen-bond donors (Lipinski definition) is 0. The van der Waals surface area contributed by atoms with Gasteiger partial charge in [0, 0.05) is 10.0 Å². The van der Waals surface area contributed by atoms with Crippen molar-refractivity contribution >= 4 is 58.2 Å². The number of rotatable bonds is 4. The van der Waals surface area contributed by atoms with Gasteiger partial charge in [0.05, 0.1) is 35.3 Å². The van der Waals surface area contributed by atoms with E-state index in [-0.39, 0.29) is 11.8 Å². The van der Waals surface area contributed by atoms with Gasteiger partial charge in [-0.05, 0) is 73.5 Å². The van der Waals surface area contributed by atoms with Crippen LogP contribution in [0.25, 0.3) is 0 Å². The second-order valence-corrected chi connectivity index (χ2v) is 13.3. The number of aryl methyl sites for hydroxylation is 2. The molecular formula is C36H28Cl2N4O4. The lowest BCUT2D eigenvalue weighted by Gasteiger charge is -2.35. The predicted octanol–water partition coefficient (Wildman–Crippen LogP) is 6.06. The summed E-state index contributed by atoms with van der Waals surface area (Å²) in [5, 5.41) is 4.72. The third-order valence-corrected chi connectivity index (χ3v) is 10.2. The van der Waals surface area contributed by atoms with Gasteiger partial charge in [-0.3, -0.25) is 19.2 Å². The van der Waals surface area contributed by atoms with Crippen LogP contribution in [-0.4, -0.2) is 45.7 Å². The standard InChI is InChI=1S/C36H28Cl2N4O4/c1-19-3-7-21(8-4-19)29-27-31(35(45)39(33(27)43)25-15-11-23(37)12-16-25)42-30(22-9-5-20(2)6-10-22)28-32(41(29)42)36(46)40(34(28)44)26-17-13-24(38)14-18-26/h3-18,27-32H,1-2H3. The summed E-state index contributed by atoms with van der Waals surface area (Å²) in [6, 6.07) is 25.6. The Bertz CT molecular complexity index is 1770. The molecule has 0 aliphatic carbocycles. The molecule has 46 heavy (non-hydrogen) atoms. The fourth-order valence-corrected chi connectivity index (χ4v) is 7.97. The van der Waals surface area contributed by atoms with Crippen molar-refractivity contribution in [3.63, 3.8) is 0 Å². The van der Waals surface area contributed by atoms with Gasteiger partial charge in [-0.1, -0.05) is 82.9 Å². The minimum atomic E-state index is -0.934. The summed E-state index contributed by atoms with van der Waals surface area (Å²) in [5.74, 6) is -3.17. The number of hydrazine groups is 1. The van der Waals surface area contributed by atoms with Crippen molar-refractivity contribution in [2.45, 2.75) is 38.0 Å². The summed E-state index contributed by atoms with van der Waals surface area (Å²) in [7, 11) is 0. The van der Waals surface area contributed by atoms with E-state index in [9.17, 15) is 19.2 Å². The van der Waals surface area contributed by atoms with E-state index in [0.29, 0.717) is 21.4 Å². The molecule has 4 heterocycles. The van der Waals surface area contributed by atoms with E-state index < -0.39 is 47.8 Å². The molecule has 0 N–H and O–H groups in total. The van der Waals surface area contributed by atoms with Gasteiger partial charge >= 0.3 is 0 Å². The van der Waals surface area contributed by atoms with Gasteiger partial charge in [0.15, 0.2) is 0 Å². The zero-order chi connectivity index (χ0) is 32.0. The van der Waals surface area contributed by atoms with Crippen LogP contribution in [0, 0.1) is 25.7 Å². The third kappa shape index (κ3) is 4.14. The highest BCUT2D eigenvalue weighted by Crippen LogP contribution is 2.59. The fourth-order valence-electron chi connectivity index (χ4n) is 7.71. The average Bonchev–Trinajstić information content (AvgIpc) is 3.71. The molecule has 8 nitrogen and oxygen atoms in total. The zero-order valence-electron chi connectivity index (χ0n) is 24.9. The van der Waals surface area contributed by atoms with Crippen molar-refractivity contribution in [1.29, 1.82) is 0 Å². The quantitative estimate of drug-likeness (QED) is 0.250. The van der Waals surface area contributed by atoms with Gasteiger partial charge in [-0.25, -0.2) is 19.8 Å². The SMILES string of the molecule is Cc1ccc(C2C3C(=O)N(c4ccc(Cl)cc4)C(=O)C3N3C(c4ccc(C)cc4)C4C(=O)N(c5ccc(Cl)cc5)C(=O)C4N23)cc1. The average molecular weight is 652 g/mol. The number of carbonyl (C=O) groups is 4. The lowest BCUT2D eigenvalue weighted by Crippen LogP contribution is -2.50. The van der Waals surface area contributed by atoms with Gasteiger partial charge < -0.3 is 0 Å². The molecule has 10 heteroatoms. The van der Waals surface area contributed by atoms with Crippen LogP contribution in [0.2, 0.25) is 10.0 Å². The first-order valence-corrected chi connectivity index (χ1v) is 15.9. The van der Waals surface area contributed by atoms with E-state index in [4.69, 9.17) is 23.2 Å². The van der Waals surface area contributed by atoms with E-state index in [1.807, 2.05) is 72.4 Å². The highest BCUT2D eigenvalue weighted by Gasteiger charge is 2.73. The summed E-state index contributed by atoms with van der Waals surface area (Å²) in [5.41, 5.74) is 4.49. The van der Waals surface area contributed by atoms with Crippen LogP contribution < -0.4 is 9.80 Å². The summed E-state index contributed by atoms with van der Waals surface area (Å²) >= 11 is 12.3. The van der Waals surface area contributed by atoms with Crippen molar-refractivity contribution in [1.82, 2.24) is 10.0 Å². The number of halogens is 2. The van der Waals surface area contributed by atoms with Gasteiger partial charge in [-0.15, -0.1) is 0 Å². The number of fused-ring (bicyclic) bond motifs is 5. The number of amides is 4. The molecule has 230 valence electrons. The Balaban J connectivity index is 1.32. The van der Waals surface area contributed by atoms with Gasteiger partial charge in [0.1, 0.15) is 12.1 Å². The number of carbonyl (C=O) groups excluding carboxylic acids is 4. The van der Waals surface area contributed by atoms with Crippen LogP contribution in [0.5, 0.6) is 0 Å². The van der Waals surface area contributed by atoms with E-state index in [1.54, 1.807) is 48.5 Å². The molecule has 0 saturated carbocycles. The number of hydrogen-bond acceptors (Lipinski definition) is 6. The van der Waals surface area contributed by atoms with Crippen molar-refractivity contribution in [3.8, 4) is 0 Å². The van der Waals surface area contributed by atoms with Crippen molar-refractivity contribution < 1.29 is 19.2 Å². The molecule has 4 amide bonds. The molecule has 0 radical (unpaired) electrons. The molecule has 4 aromatic rings. The van der Waals surface area contributed by atoms with Crippen LogP contribution >= 0.6 is 23.2 Å². The van der Waals surface area contributed by atoms with E-state index in [2.05, 4.69) is 0 Å². The summed E-state index contributed by atoms with van der Waals surface area (Å²) in [6.07, 6.45) is 0. The molecule has 4 fully saturated rings. The Morgan fingerprint density at radius 2 is 0.761 bits per heavy atom. The second-order valence-electron chi connectivity index (χ2n) is 12.4. The third-order valence-electron chi connectivity index (χ3n) is 9.73. The normalized spacial score (nSPS) is 27.5. The molecular weight excluding hydrogens is 623 g/mol. The molecule has 6 atom stereocenters. The first-order chi connectivity index (χ1) is 22.2. The molecule has 0 bridgehead atoms. The Kier molecular flexibility index (Phi) is 6.71. The smallest absolute Gasteiger partial charge is 0.253 e. The molecule has 8 rings (SSSR count). The maximum absolute atomic E-state index is 14.5. The van der Waals surface area contributed by atoms with Crippen molar-refractivity contribution in [2.24, 2.45) is 11.8 Å². The van der Waals surface area contributed by atoms with Crippen LogP contribution in [0.3, 0.4) is 0 Å². The van der Waals surface area contributed by atoms with Crippen LogP contribution in [0.4, 0.5) is 11.4 Å². The summed E-state index contributed by atoms with van der Waals surface area (Å²) in [4.78, 5) is 60.4. The molecule has 0 aromatic heterocycles. The molecule has 4 saturated heterocycles. The first kappa shape index (κ1) is 29.1. The lowest BCUT2D eigenvalue weighted by molar-refractivity contribution is -0.136.